The summed E-state index contributed by atoms with van der Waals surface area (Å²) < 4.78 is 15.7. The summed E-state index contributed by atoms with van der Waals surface area (Å²) in [6.45, 7) is 6.67. The number of rotatable bonds is 2. The van der Waals surface area contributed by atoms with Crippen molar-refractivity contribution in [1.82, 2.24) is 4.98 Å². The fourth-order valence-corrected chi connectivity index (χ4v) is 3.20. The lowest BCUT2D eigenvalue weighted by atomic mass is 10.1. The molecule has 0 saturated heterocycles. The van der Waals surface area contributed by atoms with Crippen molar-refractivity contribution in [1.29, 1.82) is 0 Å². The van der Waals surface area contributed by atoms with Gasteiger partial charge in [0.15, 0.2) is 11.9 Å². The molecule has 0 fully saturated rings. The van der Waals surface area contributed by atoms with Gasteiger partial charge in [-0.3, -0.25) is 9.59 Å². The molecule has 0 bridgehead atoms. The molecule has 2 heterocycles. The zero-order chi connectivity index (χ0) is 23.0. The van der Waals surface area contributed by atoms with Gasteiger partial charge in [0.2, 0.25) is 0 Å². The van der Waals surface area contributed by atoms with Crippen LogP contribution in [0.15, 0.2) is 35.3 Å². The lowest BCUT2D eigenvalue weighted by molar-refractivity contribution is -0.153. The molecule has 1 unspecified atom stereocenters. The number of aryl methyl sites for hydroxylation is 1. The van der Waals surface area contributed by atoms with Gasteiger partial charge in [0, 0.05) is 24.0 Å². The Morgan fingerprint density at radius 3 is 2.45 bits per heavy atom. The molecular formula is C22H25NO7S. The molecule has 1 aromatic heterocycles. The number of esters is 3. The van der Waals surface area contributed by atoms with E-state index in [0.29, 0.717) is 11.3 Å². The summed E-state index contributed by atoms with van der Waals surface area (Å²) in [4.78, 5) is 52.8. The van der Waals surface area contributed by atoms with E-state index in [1.807, 2.05) is 12.3 Å². The maximum absolute atomic E-state index is 12.4. The van der Waals surface area contributed by atoms with Crippen LogP contribution in [0.1, 0.15) is 44.3 Å². The largest absolute Gasteiger partial charge is 0.462 e. The Morgan fingerprint density at radius 2 is 1.77 bits per heavy atom. The van der Waals surface area contributed by atoms with Crippen molar-refractivity contribution < 1.29 is 33.4 Å². The number of ketones is 1. The number of nitrogens with zero attached hydrogens (tertiary/aromatic N) is 1. The van der Waals surface area contributed by atoms with Crippen molar-refractivity contribution in [2.24, 2.45) is 0 Å². The number of hydrogen-bond acceptors (Lipinski definition) is 9. The monoisotopic (exact) mass is 447 g/mol. The van der Waals surface area contributed by atoms with Crippen LogP contribution in [0.4, 0.5) is 0 Å². The molecule has 8 nitrogen and oxygen atoms in total. The molecule has 1 aliphatic rings. The normalized spacial score (nSPS) is 26.6. The average Bonchev–Trinajstić information content (AvgIpc) is 3.09. The first-order valence-corrected chi connectivity index (χ1v) is 10.6. The highest BCUT2D eigenvalue weighted by molar-refractivity contribution is 7.09. The first-order chi connectivity index (χ1) is 14.6. The molecule has 31 heavy (non-hydrogen) atoms. The number of aromatic nitrogens is 1. The highest BCUT2D eigenvalue weighted by atomic mass is 32.1. The van der Waals surface area contributed by atoms with Crippen LogP contribution in [-0.2, 0) is 33.4 Å². The summed E-state index contributed by atoms with van der Waals surface area (Å²) in [5.74, 6) is -2.66. The van der Waals surface area contributed by atoms with E-state index in [0.717, 1.165) is 17.2 Å². The van der Waals surface area contributed by atoms with Gasteiger partial charge in [-0.25, -0.2) is 14.6 Å². The predicted octanol–water partition coefficient (Wildman–Crippen LogP) is 3.11. The highest BCUT2D eigenvalue weighted by Crippen LogP contribution is 2.19. The number of cyclic esters (lactones) is 3. The SMILES string of the molecule is C/C(=C\c1csc(C)n1)C1CC(=O)O[C@@H](C)C/C=C/C(=O)O[C@@H](C)C(=O)/C=C/C(=O)O1. The maximum Gasteiger partial charge on any atom is 0.331 e. The van der Waals surface area contributed by atoms with Gasteiger partial charge >= 0.3 is 17.9 Å². The number of thiazole rings is 1. The van der Waals surface area contributed by atoms with E-state index in [-0.39, 0.29) is 12.8 Å². The number of carbonyl (C=O) groups excluding carboxylic acids is 4. The summed E-state index contributed by atoms with van der Waals surface area (Å²) in [7, 11) is 0. The minimum atomic E-state index is -1.06. The van der Waals surface area contributed by atoms with Crippen molar-refractivity contribution in [3.8, 4) is 0 Å². The Kier molecular flexibility index (Phi) is 8.87. The third-order valence-corrected chi connectivity index (χ3v) is 5.05. The summed E-state index contributed by atoms with van der Waals surface area (Å²) in [6, 6.07) is 0. The molecule has 3 atom stereocenters. The first kappa shape index (κ1) is 24.2. The van der Waals surface area contributed by atoms with Crippen LogP contribution in [0.25, 0.3) is 6.08 Å². The van der Waals surface area contributed by atoms with Gasteiger partial charge in [0.25, 0.3) is 0 Å². The molecule has 2 rings (SSSR count). The van der Waals surface area contributed by atoms with Crippen molar-refractivity contribution in [2.45, 2.75) is 58.8 Å². The van der Waals surface area contributed by atoms with Crippen LogP contribution in [-0.4, -0.2) is 47.0 Å². The predicted molar refractivity (Wildman–Crippen MR) is 114 cm³/mol. The van der Waals surface area contributed by atoms with Crippen molar-refractivity contribution >= 4 is 41.1 Å². The number of carbonyl (C=O) groups is 4. The second kappa shape index (κ2) is 11.4. The molecule has 1 aromatic rings. The van der Waals surface area contributed by atoms with Crippen molar-refractivity contribution in [3.63, 3.8) is 0 Å². The molecule has 1 aliphatic heterocycles. The summed E-state index contributed by atoms with van der Waals surface area (Å²) >= 11 is 1.48. The van der Waals surface area contributed by atoms with E-state index in [2.05, 4.69) is 4.98 Å². The maximum atomic E-state index is 12.4. The van der Waals surface area contributed by atoms with Crippen LogP contribution in [0, 0.1) is 6.92 Å². The van der Waals surface area contributed by atoms with Gasteiger partial charge in [-0.2, -0.15) is 0 Å². The number of ether oxygens (including phenoxy) is 3. The average molecular weight is 448 g/mol. The van der Waals surface area contributed by atoms with Gasteiger partial charge in [-0.1, -0.05) is 6.08 Å². The van der Waals surface area contributed by atoms with Crippen molar-refractivity contribution in [3.05, 3.63) is 46.0 Å². The lowest BCUT2D eigenvalue weighted by Gasteiger charge is -2.19. The third-order valence-electron chi connectivity index (χ3n) is 4.26. The molecule has 0 aromatic carbocycles. The van der Waals surface area contributed by atoms with Gasteiger partial charge < -0.3 is 14.2 Å². The fraction of sp³-hybridized carbons (Fsp3) is 0.409. The van der Waals surface area contributed by atoms with Crippen LogP contribution in [0.5, 0.6) is 0 Å². The van der Waals surface area contributed by atoms with Crippen LogP contribution in [0.2, 0.25) is 0 Å². The smallest absolute Gasteiger partial charge is 0.331 e. The fourth-order valence-electron chi connectivity index (χ4n) is 2.63. The minimum absolute atomic E-state index is 0.203. The van der Waals surface area contributed by atoms with Gasteiger partial charge in [0.05, 0.1) is 17.1 Å². The van der Waals surface area contributed by atoms with E-state index >= 15 is 0 Å². The minimum Gasteiger partial charge on any atom is -0.462 e. The molecule has 166 valence electrons. The molecule has 0 aliphatic carbocycles. The van der Waals surface area contributed by atoms with Crippen molar-refractivity contribution in [2.75, 3.05) is 0 Å². The van der Waals surface area contributed by atoms with Crippen LogP contribution >= 0.6 is 11.3 Å². The van der Waals surface area contributed by atoms with E-state index in [9.17, 15) is 19.2 Å². The molecule has 0 spiro atoms. The summed E-state index contributed by atoms with van der Waals surface area (Å²) in [6.07, 6.45) is 3.94. The van der Waals surface area contributed by atoms with E-state index in [1.54, 1.807) is 19.9 Å². The molecule has 0 amide bonds. The lowest BCUT2D eigenvalue weighted by Crippen LogP contribution is -2.26. The molecular weight excluding hydrogens is 422 g/mol. The molecule has 0 N–H and O–H groups in total. The standard InChI is InChI=1S/C22H25NO7S/c1-13(10-17-12-31-16(4)23-17)19-11-22(27)28-14(2)6-5-7-20(25)29-15(3)18(24)8-9-21(26)30-19/h5,7-10,12,14-15,19H,6,11H2,1-4H3/b7-5+,9-8+,13-10+/t14-,15-,19?/m0/s1. The Hall–Kier alpha value is -3.07. The zero-order valence-electron chi connectivity index (χ0n) is 17.8. The van der Waals surface area contributed by atoms with Gasteiger partial charge in [-0.05, 0) is 45.4 Å². The van der Waals surface area contributed by atoms with Crippen LogP contribution in [0.3, 0.4) is 0 Å². The van der Waals surface area contributed by atoms with Gasteiger partial charge in [-0.15, -0.1) is 11.3 Å². The summed E-state index contributed by atoms with van der Waals surface area (Å²) in [5, 5.41) is 2.73. The Bertz CT molecular complexity index is 928. The quantitative estimate of drug-likeness (QED) is 0.503. The molecule has 9 heteroatoms. The summed E-state index contributed by atoms with van der Waals surface area (Å²) in [5.41, 5.74) is 1.29. The topological polar surface area (TPSA) is 109 Å². The van der Waals surface area contributed by atoms with Crippen LogP contribution < -0.4 is 0 Å². The highest BCUT2D eigenvalue weighted by Gasteiger charge is 2.23. The second-order valence-corrected chi connectivity index (χ2v) is 8.12. The number of hydrogen-bond donors (Lipinski definition) is 0. The third kappa shape index (κ3) is 8.29. The van der Waals surface area contributed by atoms with E-state index < -0.39 is 42.0 Å². The second-order valence-electron chi connectivity index (χ2n) is 7.06. The van der Waals surface area contributed by atoms with E-state index in [4.69, 9.17) is 14.2 Å². The Morgan fingerprint density at radius 1 is 1.06 bits per heavy atom. The molecule has 0 radical (unpaired) electrons. The zero-order valence-corrected chi connectivity index (χ0v) is 18.6. The Balaban J connectivity index is 2.26. The Labute approximate surface area is 184 Å². The van der Waals surface area contributed by atoms with Gasteiger partial charge in [0.1, 0.15) is 12.2 Å². The molecule has 0 saturated carbocycles. The van der Waals surface area contributed by atoms with E-state index in [1.165, 1.54) is 30.4 Å². The first-order valence-electron chi connectivity index (χ1n) is 9.73.